The van der Waals surface area contributed by atoms with Crippen LogP contribution in [0.4, 0.5) is 17.1 Å². The molecule has 142 valence electrons. The van der Waals surface area contributed by atoms with Crippen LogP contribution in [0.15, 0.2) is 109 Å². The Kier molecular flexibility index (Phi) is 5.84. The van der Waals surface area contributed by atoms with Crippen LogP contribution in [0.3, 0.4) is 0 Å². The predicted molar refractivity (Wildman–Crippen MR) is 122 cm³/mol. The van der Waals surface area contributed by atoms with Crippen LogP contribution in [-0.4, -0.2) is 5.11 Å². The average molecular weight is 377 g/mol. The normalized spacial score (nSPS) is 10.9. The van der Waals surface area contributed by atoms with Crippen molar-refractivity contribution in [3.05, 3.63) is 126 Å². The second-order valence-corrected chi connectivity index (χ2v) is 6.83. The van der Waals surface area contributed by atoms with Gasteiger partial charge in [-0.05, 0) is 53.1 Å². The highest BCUT2D eigenvalue weighted by Gasteiger charge is 2.11. The number of nitrogens with zero attached hydrogens (tertiary/aromatic N) is 1. The summed E-state index contributed by atoms with van der Waals surface area (Å²) in [6.45, 7) is 0.0497. The highest BCUT2D eigenvalue weighted by atomic mass is 16.3. The smallest absolute Gasteiger partial charge is 0.0681 e. The second kappa shape index (κ2) is 9.05. The van der Waals surface area contributed by atoms with Crippen LogP contribution in [0.2, 0.25) is 0 Å². The number of anilines is 3. The van der Waals surface area contributed by atoms with Crippen molar-refractivity contribution in [1.82, 2.24) is 0 Å². The van der Waals surface area contributed by atoms with Gasteiger partial charge in [-0.15, -0.1) is 0 Å². The largest absolute Gasteiger partial charge is 0.392 e. The Labute approximate surface area is 172 Å². The predicted octanol–water partition coefficient (Wildman–Crippen LogP) is 6.82. The fourth-order valence-corrected chi connectivity index (χ4v) is 3.27. The zero-order valence-electron chi connectivity index (χ0n) is 16.1. The number of aliphatic hydroxyl groups excluding tert-OH is 1. The Balaban J connectivity index is 1.65. The van der Waals surface area contributed by atoms with Crippen LogP contribution in [0, 0.1) is 0 Å². The third-order valence-electron chi connectivity index (χ3n) is 4.81. The molecule has 0 spiro atoms. The van der Waals surface area contributed by atoms with Gasteiger partial charge in [0.15, 0.2) is 0 Å². The lowest BCUT2D eigenvalue weighted by atomic mass is 10.1. The molecule has 0 bridgehead atoms. The summed E-state index contributed by atoms with van der Waals surface area (Å²) in [5.41, 5.74) is 6.48. The number of benzene rings is 4. The molecule has 4 aromatic carbocycles. The second-order valence-electron chi connectivity index (χ2n) is 6.83. The molecule has 4 rings (SSSR count). The fourth-order valence-electron chi connectivity index (χ4n) is 3.27. The number of rotatable bonds is 6. The van der Waals surface area contributed by atoms with Gasteiger partial charge < -0.3 is 10.0 Å². The summed E-state index contributed by atoms with van der Waals surface area (Å²) in [6.07, 6.45) is 4.25. The van der Waals surface area contributed by atoms with E-state index in [1.165, 1.54) is 5.56 Å². The molecule has 0 radical (unpaired) electrons. The molecule has 0 aliphatic rings. The van der Waals surface area contributed by atoms with Crippen molar-refractivity contribution in [3.63, 3.8) is 0 Å². The minimum atomic E-state index is 0.0497. The van der Waals surface area contributed by atoms with Crippen molar-refractivity contribution in [1.29, 1.82) is 0 Å². The molecule has 4 aromatic rings. The SMILES string of the molecule is OCc1ccc(N(c2ccccc2)c2ccc(C=Cc3ccccc3)cc2)cc1. The van der Waals surface area contributed by atoms with Gasteiger partial charge in [-0.3, -0.25) is 0 Å². The summed E-state index contributed by atoms with van der Waals surface area (Å²) in [4.78, 5) is 2.21. The third-order valence-corrected chi connectivity index (χ3v) is 4.81. The molecular formula is C27H23NO. The van der Waals surface area contributed by atoms with E-state index in [2.05, 4.69) is 65.6 Å². The summed E-state index contributed by atoms with van der Waals surface area (Å²) >= 11 is 0. The van der Waals surface area contributed by atoms with E-state index >= 15 is 0 Å². The molecular weight excluding hydrogens is 354 g/mol. The van der Waals surface area contributed by atoms with E-state index < -0.39 is 0 Å². The molecule has 0 saturated carbocycles. The topological polar surface area (TPSA) is 23.5 Å². The van der Waals surface area contributed by atoms with Crippen LogP contribution in [0.25, 0.3) is 12.2 Å². The zero-order chi connectivity index (χ0) is 19.9. The van der Waals surface area contributed by atoms with Crippen LogP contribution in [0.5, 0.6) is 0 Å². The van der Waals surface area contributed by atoms with E-state index in [0.29, 0.717) is 0 Å². The van der Waals surface area contributed by atoms with Crippen LogP contribution < -0.4 is 4.90 Å². The van der Waals surface area contributed by atoms with Crippen molar-refractivity contribution in [3.8, 4) is 0 Å². The number of hydrogen-bond acceptors (Lipinski definition) is 2. The van der Waals surface area contributed by atoms with Gasteiger partial charge in [-0.2, -0.15) is 0 Å². The molecule has 0 saturated heterocycles. The van der Waals surface area contributed by atoms with Crippen molar-refractivity contribution < 1.29 is 5.11 Å². The number of para-hydroxylation sites is 1. The summed E-state index contributed by atoms with van der Waals surface area (Å²) in [5.74, 6) is 0. The molecule has 29 heavy (non-hydrogen) atoms. The number of aliphatic hydroxyl groups is 1. The summed E-state index contributed by atoms with van der Waals surface area (Å²) in [7, 11) is 0. The molecule has 0 aliphatic heterocycles. The van der Waals surface area contributed by atoms with Crippen molar-refractivity contribution >= 4 is 29.2 Å². The van der Waals surface area contributed by atoms with Crippen LogP contribution in [0.1, 0.15) is 16.7 Å². The standard InChI is InChI=1S/C27H23NO/c29-21-24-15-19-27(20-16-24)28(25-9-5-2-6-10-25)26-17-13-23(14-18-26)12-11-22-7-3-1-4-8-22/h1-20,29H,21H2. The summed E-state index contributed by atoms with van der Waals surface area (Å²) in [5, 5.41) is 9.34. The maximum atomic E-state index is 9.34. The average Bonchev–Trinajstić information content (AvgIpc) is 2.81. The van der Waals surface area contributed by atoms with Gasteiger partial charge in [-0.1, -0.05) is 84.9 Å². The van der Waals surface area contributed by atoms with Gasteiger partial charge >= 0.3 is 0 Å². The van der Waals surface area contributed by atoms with E-state index in [9.17, 15) is 5.11 Å². The fraction of sp³-hybridized carbons (Fsp3) is 0.0370. The Morgan fingerprint density at radius 2 is 0.966 bits per heavy atom. The van der Waals surface area contributed by atoms with Crippen LogP contribution in [-0.2, 0) is 6.61 Å². The van der Waals surface area contributed by atoms with Gasteiger partial charge in [-0.25, -0.2) is 0 Å². The van der Waals surface area contributed by atoms with E-state index in [4.69, 9.17) is 0 Å². The van der Waals surface area contributed by atoms with Crippen molar-refractivity contribution in [2.24, 2.45) is 0 Å². The Morgan fingerprint density at radius 3 is 1.52 bits per heavy atom. The maximum Gasteiger partial charge on any atom is 0.0681 e. The van der Waals surface area contributed by atoms with Gasteiger partial charge in [0.05, 0.1) is 6.61 Å². The molecule has 0 aromatic heterocycles. The van der Waals surface area contributed by atoms with E-state index in [1.54, 1.807) is 0 Å². The van der Waals surface area contributed by atoms with E-state index in [0.717, 1.165) is 28.2 Å². The van der Waals surface area contributed by atoms with Gasteiger partial charge in [0.1, 0.15) is 0 Å². The third kappa shape index (κ3) is 4.63. The first-order valence-corrected chi connectivity index (χ1v) is 9.72. The molecule has 0 aliphatic carbocycles. The molecule has 2 heteroatoms. The highest BCUT2D eigenvalue weighted by Crippen LogP contribution is 2.34. The summed E-state index contributed by atoms with van der Waals surface area (Å²) < 4.78 is 0. The van der Waals surface area contributed by atoms with E-state index in [-0.39, 0.29) is 6.61 Å². The van der Waals surface area contributed by atoms with Gasteiger partial charge in [0.2, 0.25) is 0 Å². The molecule has 0 amide bonds. The lowest BCUT2D eigenvalue weighted by molar-refractivity contribution is 0.282. The lowest BCUT2D eigenvalue weighted by Crippen LogP contribution is -2.09. The summed E-state index contributed by atoms with van der Waals surface area (Å²) in [6, 6.07) is 37.2. The Bertz CT molecular complexity index is 1050. The van der Waals surface area contributed by atoms with Crippen molar-refractivity contribution in [2.75, 3.05) is 4.90 Å². The van der Waals surface area contributed by atoms with Crippen molar-refractivity contribution in [2.45, 2.75) is 6.61 Å². The minimum absolute atomic E-state index is 0.0497. The maximum absolute atomic E-state index is 9.34. The molecule has 1 N–H and O–H groups in total. The molecule has 0 fully saturated rings. The van der Waals surface area contributed by atoms with Gasteiger partial charge in [0, 0.05) is 17.1 Å². The minimum Gasteiger partial charge on any atom is -0.392 e. The first-order chi connectivity index (χ1) is 14.3. The molecule has 0 atom stereocenters. The quantitative estimate of drug-likeness (QED) is 0.373. The molecule has 0 unspecified atom stereocenters. The first kappa shape index (κ1) is 18.7. The number of hydrogen-bond donors (Lipinski definition) is 1. The lowest BCUT2D eigenvalue weighted by Gasteiger charge is -2.25. The highest BCUT2D eigenvalue weighted by molar-refractivity contribution is 5.78. The molecule has 0 heterocycles. The van der Waals surface area contributed by atoms with E-state index in [1.807, 2.05) is 60.7 Å². The Morgan fingerprint density at radius 1 is 0.517 bits per heavy atom. The Hall–Kier alpha value is -3.62. The van der Waals surface area contributed by atoms with Crippen LogP contribution >= 0.6 is 0 Å². The zero-order valence-corrected chi connectivity index (χ0v) is 16.1. The van der Waals surface area contributed by atoms with Gasteiger partial charge in [0.25, 0.3) is 0 Å². The monoisotopic (exact) mass is 377 g/mol. The first-order valence-electron chi connectivity index (χ1n) is 9.72. The molecule has 2 nitrogen and oxygen atoms in total.